The molecule has 7 nitrogen and oxygen atoms in total. The molecule has 2 aliphatic rings. The van der Waals surface area contributed by atoms with Gasteiger partial charge in [-0.2, -0.15) is 0 Å². The van der Waals surface area contributed by atoms with E-state index < -0.39 is 35.8 Å². The van der Waals surface area contributed by atoms with Crippen molar-refractivity contribution in [1.82, 2.24) is 15.1 Å². The maximum Gasteiger partial charge on any atom is 0.334 e. The molecule has 1 aliphatic carbocycles. The van der Waals surface area contributed by atoms with Crippen molar-refractivity contribution < 1.29 is 19.2 Å². The van der Waals surface area contributed by atoms with Crippen LogP contribution in [0.25, 0.3) is 0 Å². The number of hydrogen-bond donors (Lipinski definition) is 1. The van der Waals surface area contributed by atoms with Crippen LogP contribution in [-0.2, 0) is 14.4 Å². The van der Waals surface area contributed by atoms with E-state index in [1.165, 1.54) is 5.57 Å². The summed E-state index contributed by atoms with van der Waals surface area (Å²) in [5.74, 6) is -2.21. The normalized spacial score (nSPS) is 18.6. The molecule has 7 heteroatoms. The Hall–Kier alpha value is -2.18. The summed E-state index contributed by atoms with van der Waals surface area (Å²) in [5, 5.41) is 2.87. The van der Waals surface area contributed by atoms with Gasteiger partial charge in [0.2, 0.25) is 5.91 Å². The first-order chi connectivity index (χ1) is 12.9. The summed E-state index contributed by atoms with van der Waals surface area (Å²) in [6.45, 7) is 9.78. The molecule has 0 atom stereocenters. The second-order valence-electron chi connectivity index (χ2n) is 9.66. The molecular formula is C21H33N3O4. The van der Waals surface area contributed by atoms with Gasteiger partial charge in [0.25, 0.3) is 0 Å². The third-order valence-electron chi connectivity index (χ3n) is 4.93. The van der Waals surface area contributed by atoms with Crippen LogP contribution in [0, 0.1) is 5.41 Å². The number of hydrogen-bond acceptors (Lipinski definition) is 4. The van der Waals surface area contributed by atoms with Crippen LogP contribution in [0.5, 0.6) is 0 Å². The summed E-state index contributed by atoms with van der Waals surface area (Å²) in [5.41, 5.74) is 0.744. The first kappa shape index (κ1) is 22.1. The summed E-state index contributed by atoms with van der Waals surface area (Å²) in [6.07, 6.45) is 7.74. The molecule has 1 fully saturated rings. The fourth-order valence-corrected chi connectivity index (χ4v) is 4.20. The van der Waals surface area contributed by atoms with Crippen molar-refractivity contribution in [2.75, 3.05) is 13.1 Å². The Morgan fingerprint density at radius 2 is 1.68 bits per heavy atom. The zero-order chi connectivity index (χ0) is 21.1. The molecule has 0 aromatic rings. The van der Waals surface area contributed by atoms with Gasteiger partial charge in [0.05, 0.1) is 0 Å². The van der Waals surface area contributed by atoms with Crippen LogP contribution >= 0.6 is 0 Å². The van der Waals surface area contributed by atoms with E-state index in [0.717, 1.165) is 41.9 Å². The maximum atomic E-state index is 12.5. The molecule has 1 saturated heterocycles. The van der Waals surface area contributed by atoms with E-state index in [0.29, 0.717) is 6.42 Å². The molecule has 0 saturated carbocycles. The van der Waals surface area contributed by atoms with Gasteiger partial charge in [-0.3, -0.25) is 19.3 Å². The minimum absolute atomic E-state index is 0.0105. The maximum absolute atomic E-state index is 12.5. The van der Waals surface area contributed by atoms with E-state index >= 15 is 0 Å². The highest BCUT2D eigenvalue weighted by molar-refractivity contribution is 6.45. The number of urea groups is 1. The van der Waals surface area contributed by atoms with Gasteiger partial charge in [-0.1, -0.05) is 32.4 Å². The van der Waals surface area contributed by atoms with Gasteiger partial charge >= 0.3 is 17.8 Å². The Labute approximate surface area is 167 Å². The predicted molar refractivity (Wildman–Crippen MR) is 106 cm³/mol. The molecule has 0 spiro atoms. The average Bonchev–Trinajstić information content (AvgIpc) is 2.75. The first-order valence-electron chi connectivity index (χ1n) is 10.1. The van der Waals surface area contributed by atoms with E-state index in [9.17, 15) is 19.2 Å². The summed E-state index contributed by atoms with van der Waals surface area (Å²) < 4.78 is 0. The number of allylic oxidation sites excluding steroid dienone is 1. The van der Waals surface area contributed by atoms with E-state index in [1.807, 2.05) is 13.8 Å². The molecular weight excluding hydrogens is 358 g/mol. The van der Waals surface area contributed by atoms with Crippen molar-refractivity contribution in [3.63, 3.8) is 0 Å². The number of nitrogens with zero attached hydrogens (tertiary/aromatic N) is 2. The summed E-state index contributed by atoms with van der Waals surface area (Å²) >= 11 is 0. The van der Waals surface area contributed by atoms with Crippen LogP contribution in [0.2, 0.25) is 0 Å². The summed E-state index contributed by atoms with van der Waals surface area (Å²) in [6, 6.07) is -0.699. The number of amides is 5. The van der Waals surface area contributed by atoms with Gasteiger partial charge in [0, 0.05) is 12.1 Å². The van der Waals surface area contributed by atoms with Crippen LogP contribution in [0.1, 0.15) is 73.1 Å². The van der Waals surface area contributed by atoms with Crippen LogP contribution in [0.15, 0.2) is 11.6 Å². The SMILES string of the molecule is CC(C)(C)CC(C)(C)NC(=O)CN1C(=O)C(=O)N(CCC2=CCCCC2)C1=O. The highest BCUT2D eigenvalue weighted by atomic mass is 16.2. The van der Waals surface area contributed by atoms with Crippen LogP contribution < -0.4 is 5.32 Å². The third kappa shape index (κ3) is 5.91. The number of rotatable bonds is 7. The predicted octanol–water partition coefficient (Wildman–Crippen LogP) is 3.00. The molecule has 2 rings (SSSR count). The molecule has 0 aromatic heterocycles. The summed E-state index contributed by atoms with van der Waals surface area (Å²) in [7, 11) is 0. The highest BCUT2D eigenvalue weighted by Gasteiger charge is 2.45. The van der Waals surface area contributed by atoms with Crippen molar-refractivity contribution in [2.24, 2.45) is 5.41 Å². The number of carbonyl (C=O) groups excluding carboxylic acids is 4. The molecule has 28 heavy (non-hydrogen) atoms. The standard InChI is InChI=1S/C21H33N3O4/c1-20(2,3)14-21(4,5)22-16(25)13-24-18(27)17(26)23(19(24)28)12-11-15-9-7-6-8-10-15/h9H,6-8,10-14H2,1-5H3,(H,22,25). The van der Waals surface area contributed by atoms with E-state index in [1.54, 1.807) is 0 Å². The minimum Gasteiger partial charge on any atom is -0.350 e. The monoisotopic (exact) mass is 391 g/mol. The lowest BCUT2D eigenvalue weighted by molar-refractivity contribution is -0.144. The topological polar surface area (TPSA) is 86.8 Å². The number of nitrogens with one attached hydrogen (secondary N) is 1. The van der Waals surface area contributed by atoms with E-state index in [-0.39, 0.29) is 12.0 Å². The Morgan fingerprint density at radius 3 is 2.25 bits per heavy atom. The van der Waals surface area contributed by atoms with Crippen molar-refractivity contribution in [2.45, 2.75) is 78.7 Å². The Balaban J connectivity index is 1.95. The Bertz CT molecular complexity index is 688. The first-order valence-corrected chi connectivity index (χ1v) is 10.1. The van der Waals surface area contributed by atoms with Gasteiger partial charge in [-0.25, -0.2) is 9.69 Å². The molecule has 156 valence electrons. The lowest BCUT2D eigenvalue weighted by Crippen LogP contribution is -2.50. The van der Waals surface area contributed by atoms with Crippen LogP contribution in [0.3, 0.4) is 0 Å². The lowest BCUT2D eigenvalue weighted by atomic mass is 9.82. The molecule has 1 N–H and O–H groups in total. The van der Waals surface area contributed by atoms with Crippen molar-refractivity contribution in [3.05, 3.63) is 11.6 Å². The molecule has 0 radical (unpaired) electrons. The average molecular weight is 392 g/mol. The zero-order valence-corrected chi connectivity index (χ0v) is 17.8. The lowest BCUT2D eigenvalue weighted by Gasteiger charge is -2.33. The minimum atomic E-state index is -0.925. The second kappa shape index (κ2) is 8.45. The van der Waals surface area contributed by atoms with E-state index in [4.69, 9.17) is 0 Å². The van der Waals surface area contributed by atoms with Gasteiger partial charge in [-0.05, 0) is 57.8 Å². The van der Waals surface area contributed by atoms with Crippen molar-refractivity contribution in [3.8, 4) is 0 Å². The van der Waals surface area contributed by atoms with Gasteiger partial charge in [0.1, 0.15) is 6.54 Å². The zero-order valence-electron chi connectivity index (χ0n) is 17.8. The van der Waals surface area contributed by atoms with Crippen molar-refractivity contribution in [1.29, 1.82) is 0 Å². The van der Waals surface area contributed by atoms with Gasteiger partial charge in [-0.15, -0.1) is 0 Å². The Kier molecular flexibility index (Phi) is 6.67. The molecule has 1 heterocycles. The van der Waals surface area contributed by atoms with Gasteiger partial charge < -0.3 is 5.32 Å². The van der Waals surface area contributed by atoms with Crippen LogP contribution in [0.4, 0.5) is 4.79 Å². The fraction of sp³-hybridized carbons (Fsp3) is 0.714. The number of carbonyl (C=O) groups is 4. The molecule has 0 aromatic carbocycles. The Morgan fingerprint density at radius 1 is 1.04 bits per heavy atom. The molecule has 5 amide bonds. The fourth-order valence-electron chi connectivity index (χ4n) is 4.20. The molecule has 0 bridgehead atoms. The highest BCUT2D eigenvalue weighted by Crippen LogP contribution is 2.27. The third-order valence-corrected chi connectivity index (χ3v) is 4.93. The van der Waals surface area contributed by atoms with Crippen molar-refractivity contribution >= 4 is 23.8 Å². The molecule has 1 aliphatic heterocycles. The largest absolute Gasteiger partial charge is 0.350 e. The van der Waals surface area contributed by atoms with Gasteiger partial charge in [0.15, 0.2) is 0 Å². The summed E-state index contributed by atoms with van der Waals surface area (Å²) in [4.78, 5) is 51.1. The second-order valence-corrected chi connectivity index (χ2v) is 9.66. The smallest absolute Gasteiger partial charge is 0.334 e. The van der Waals surface area contributed by atoms with E-state index in [2.05, 4.69) is 32.2 Å². The molecule has 0 unspecified atom stereocenters. The number of imide groups is 2. The van der Waals surface area contributed by atoms with Crippen LogP contribution in [-0.4, -0.2) is 52.2 Å². The quantitative estimate of drug-likeness (QED) is 0.411.